The molecule has 4 saturated carbocycles. The molecule has 4 rings (SSSR count). The fourth-order valence-corrected chi connectivity index (χ4v) is 5.92. The van der Waals surface area contributed by atoms with E-state index in [0.717, 1.165) is 6.42 Å². The first-order valence-electron chi connectivity index (χ1n) is 8.55. The molecule has 2 unspecified atom stereocenters. The number of hydrogen-bond acceptors (Lipinski definition) is 5. The van der Waals surface area contributed by atoms with Gasteiger partial charge in [-0.25, -0.2) is 4.79 Å². The van der Waals surface area contributed by atoms with Crippen molar-refractivity contribution < 1.29 is 36.1 Å². The predicted octanol–water partition coefficient (Wildman–Crippen LogP) is 2.88. The Morgan fingerprint density at radius 1 is 1.23 bits per heavy atom. The van der Waals surface area contributed by atoms with Gasteiger partial charge in [-0.15, -0.1) is 0 Å². The molecule has 6 nitrogen and oxygen atoms in total. The first-order valence-corrected chi connectivity index (χ1v) is 9.99. The topological polar surface area (TPSA) is 97.7 Å². The SMILES string of the molecule is C=C(C)C(=O)OC12CC3CC(CC(CC(=O)C(F)(F)S(=O)(=O)O)(C3)C1)C2. The third-order valence-corrected chi connectivity index (χ3v) is 6.85. The second-order valence-corrected chi connectivity index (χ2v) is 9.87. The molecule has 2 atom stereocenters. The number of ether oxygens (including phenoxy) is 1. The summed E-state index contributed by atoms with van der Waals surface area (Å²) in [5, 5.41) is -4.82. The van der Waals surface area contributed by atoms with Gasteiger partial charge in [0.15, 0.2) is 0 Å². The molecule has 0 aromatic rings. The maximum absolute atomic E-state index is 13.7. The standard InChI is InChI=1S/C17H22F2O6S/c1-10(2)14(21)25-16-6-11-3-12(7-16)5-15(4-11,9-16)8-13(20)17(18,19)26(22,23)24/h11-12H,1,3-9H2,2H3,(H,22,23,24). The highest BCUT2D eigenvalue weighted by atomic mass is 32.2. The van der Waals surface area contributed by atoms with E-state index in [2.05, 4.69) is 6.58 Å². The van der Waals surface area contributed by atoms with Gasteiger partial charge in [-0.2, -0.15) is 17.2 Å². The average Bonchev–Trinajstić information content (AvgIpc) is 2.43. The molecule has 0 spiro atoms. The Labute approximate surface area is 150 Å². The molecule has 4 aliphatic rings. The van der Waals surface area contributed by atoms with E-state index in [9.17, 15) is 26.8 Å². The van der Waals surface area contributed by atoms with Gasteiger partial charge in [-0.3, -0.25) is 9.35 Å². The van der Waals surface area contributed by atoms with Gasteiger partial charge in [0.2, 0.25) is 5.78 Å². The minimum Gasteiger partial charge on any atom is -0.456 e. The van der Waals surface area contributed by atoms with E-state index in [1.807, 2.05) is 0 Å². The molecule has 0 aliphatic heterocycles. The van der Waals surface area contributed by atoms with Crippen LogP contribution in [0.25, 0.3) is 0 Å². The third-order valence-electron chi connectivity index (χ3n) is 5.97. The molecule has 4 fully saturated rings. The molecule has 4 bridgehead atoms. The van der Waals surface area contributed by atoms with E-state index >= 15 is 0 Å². The quantitative estimate of drug-likeness (QED) is 0.424. The van der Waals surface area contributed by atoms with Crippen LogP contribution in [-0.4, -0.2) is 35.6 Å². The van der Waals surface area contributed by atoms with Crippen LogP contribution in [0.4, 0.5) is 8.78 Å². The van der Waals surface area contributed by atoms with Crippen molar-refractivity contribution in [3.63, 3.8) is 0 Å². The zero-order chi connectivity index (χ0) is 19.5. The van der Waals surface area contributed by atoms with Gasteiger partial charge in [0.1, 0.15) is 5.60 Å². The fourth-order valence-electron chi connectivity index (χ4n) is 5.56. The van der Waals surface area contributed by atoms with Crippen molar-refractivity contribution in [3.8, 4) is 0 Å². The summed E-state index contributed by atoms with van der Waals surface area (Å²) in [7, 11) is -5.81. The molecule has 146 valence electrons. The number of halogens is 2. The van der Waals surface area contributed by atoms with E-state index in [1.165, 1.54) is 6.92 Å². The third kappa shape index (κ3) is 3.19. The van der Waals surface area contributed by atoms with E-state index in [1.54, 1.807) is 0 Å². The highest BCUT2D eigenvalue weighted by Crippen LogP contribution is 2.64. The van der Waals surface area contributed by atoms with Gasteiger partial charge in [0.05, 0.1) is 0 Å². The van der Waals surface area contributed by atoms with Gasteiger partial charge >= 0.3 is 21.3 Å². The molecule has 0 amide bonds. The number of alkyl halides is 2. The number of hydrogen-bond donors (Lipinski definition) is 1. The Hall–Kier alpha value is -1.35. The minimum absolute atomic E-state index is 0.140. The molecule has 26 heavy (non-hydrogen) atoms. The molecule has 4 aliphatic carbocycles. The summed E-state index contributed by atoms with van der Waals surface area (Å²) in [5.74, 6) is -2.07. The van der Waals surface area contributed by atoms with Crippen LogP contribution in [0.1, 0.15) is 51.9 Å². The lowest BCUT2D eigenvalue weighted by Crippen LogP contribution is -2.58. The first kappa shape index (κ1) is 19.4. The summed E-state index contributed by atoms with van der Waals surface area (Å²) in [4.78, 5) is 24.0. The molecule has 0 saturated heterocycles. The minimum atomic E-state index is -5.81. The van der Waals surface area contributed by atoms with E-state index in [-0.39, 0.29) is 23.8 Å². The second-order valence-electron chi connectivity index (χ2n) is 8.41. The van der Waals surface area contributed by atoms with Crippen LogP contribution in [0.15, 0.2) is 12.2 Å². The number of carbonyl (C=O) groups excluding carboxylic acids is 2. The van der Waals surface area contributed by atoms with Crippen LogP contribution < -0.4 is 0 Å². The molecular weight excluding hydrogens is 370 g/mol. The zero-order valence-corrected chi connectivity index (χ0v) is 15.3. The van der Waals surface area contributed by atoms with Crippen molar-refractivity contribution in [1.82, 2.24) is 0 Å². The Morgan fingerprint density at radius 3 is 2.23 bits per heavy atom. The van der Waals surface area contributed by atoms with Gasteiger partial charge in [0, 0.05) is 12.0 Å². The summed E-state index contributed by atoms with van der Waals surface area (Å²) in [6.45, 7) is 5.08. The van der Waals surface area contributed by atoms with Crippen molar-refractivity contribution in [2.24, 2.45) is 17.3 Å². The highest BCUT2D eigenvalue weighted by molar-refractivity contribution is 7.87. The zero-order valence-electron chi connectivity index (χ0n) is 14.5. The lowest BCUT2D eigenvalue weighted by atomic mass is 9.47. The van der Waals surface area contributed by atoms with E-state index in [0.29, 0.717) is 25.7 Å². The van der Waals surface area contributed by atoms with Gasteiger partial charge in [-0.05, 0) is 62.7 Å². The predicted molar refractivity (Wildman–Crippen MR) is 86.9 cm³/mol. The Balaban J connectivity index is 1.85. The number of Topliss-reactive ketones (excluding diaryl/α,β-unsaturated/α-hetero) is 1. The monoisotopic (exact) mass is 392 g/mol. The summed E-state index contributed by atoms with van der Waals surface area (Å²) >= 11 is 0. The normalized spacial score (nSPS) is 36.0. The van der Waals surface area contributed by atoms with Crippen molar-refractivity contribution >= 4 is 21.9 Å². The second kappa shape index (κ2) is 5.82. The van der Waals surface area contributed by atoms with Crippen LogP contribution in [0.5, 0.6) is 0 Å². The summed E-state index contributed by atoms with van der Waals surface area (Å²) in [5.41, 5.74) is -1.40. The lowest BCUT2D eigenvalue weighted by Gasteiger charge is -2.61. The summed E-state index contributed by atoms with van der Waals surface area (Å²) < 4.78 is 63.6. The lowest BCUT2D eigenvalue weighted by molar-refractivity contribution is -0.200. The van der Waals surface area contributed by atoms with E-state index < -0.39 is 44.6 Å². The Kier molecular flexibility index (Phi) is 4.35. The first-order chi connectivity index (χ1) is 11.8. The molecule has 9 heteroatoms. The number of rotatable bonds is 6. The van der Waals surface area contributed by atoms with Crippen LogP contribution in [-0.2, 0) is 24.4 Å². The van der Waals surface area contributed by atoms with Crippen molar-refractivity contribution in [1.29, 1.82) is 0 Å². The van der Waals surface area contributed by atoms with Gasteiger partial charge in [-0.1, -0.05) is 6.58 Å². The number of carbonyl (C=O) groups is 2. The van der Waals surface area contributed by atoms with Crippen LogP contribution in [0.3, 0.4) is 0 Å². The van der Waals surface area contributed by atoms with Crippen LogP contribution in [0.2, 0.25) is 0 Å². The average molecular weight is 392 g/mol. The van der Waals surface area contributed by atoms with Crippen molar-refractivity contribution in [3.05, 3.63) is 12.2 Å². The Bertz CT molecular complexity index is 758. The molecule has 1 N–H and O–H groups in total. The van der Waals surface area contributed by atoms with Crippen molar-refractivity contribution in [2.45, 2.75) is 62.7 Å². The molecule has 0 heterocycles. The Morgan fingerprint density at radius 2 is 1.77 bits per heavy atom. The van der Waals surface area contributed by atoms with E-state index in [4.69, 9.17) is 9.29 Å². The largest absolute Gasteiger partial charge is 0.456 e. The maximum Gasteiger partial charge on any atom is 0.426 e. The van der Waals surface area contributed by atoms with Crippen molar-refractivity contribution in [2.75, 3.05) is 0 Å². The summed E-state index contributed by atoms with van der Waals surface area (Å²) in [6, 6.07) is 0. The maximum atomic E-state index is 13.7. The van der Waals surface area contributed by atoms with Crippen LogP contribution in [0, 0.1) is 17.3 Å². The summed E-state index contributed by atoms with van der Waals surface area (Å²) in [6.07, 6.45) is 2.75. The smallest absolute Gasteiger partial charge is 0.426 e. The molecule has 0 aromatic carbocycles. The van der Waals surface area contributed by atoms with Crippen LogP contribution >= 0.6 is 0 Å². The molecule has 0 radical (unpaired) electrons. The number of esters is 1. The molecule has 0 aromatic heterocycles. The molecular formula is C17H22F2O6S. The van der Waals surface area contributed by atoms with Gasteiger partial charge < -0.3 is 4.74 Å². The van der Waals surface area contributed by atoms with Gasteiger partial charge in [0.25, 0.3) is 0 Å². The fraction of sp³-hybridized carbons (Fsp3) is 0.765. The number of ketones is 1. The highest BCUT2D eigenvalue weighted by Gasteiger charge is 2.62.